The standard InChI is InChI=1S/C17H12N2O2/c20-15-4-5-16-13(11-15)1-2-14(19-16)3-6-17(21)12-7-9-18-10-8-12/h1-11,20H. The van der Waals surface area contributed by atoms with Crippen molar-refractivity contribution in [3.05, 3.63) is 72.2 Å². The van der Waals surface area contributed by atoms with Gasteiger partial charge in [0.05, 0.1) is 11.2 Å². The number of nitrogens with zero attached hydrogens (tertiary/aromatic N) is 2. The topological polar surface area (TPSA) is 63.1 Å². The Morgan fingerprint density at radius 1 is 1.05 bits per heavy atom. The molecular weight excluding hydrogens is 264 g/mol. The molecule has 2 heterocycles. The molecule has 102 valence electrons. The van der Waals surface area contributed by atoms with Crippen molar-refractivity contribution in [2.75, 3.05) is 0 Å². The van der Waals surface area contributed by atoms with E-state index >= 15 is 0 Å². The monoisotopic (exact) mass is 276 g/mol. The Kier molecular flexibility index (Phi) is 3.43. The highest BCUT2D eigenvalue weighted by Crippen LogP contribution is 2.19. The van der Waals surface area contributed by atoms with Gasteiger partial charge in [-0.3, -0.25) is 9.78 Å². The Hall–Kier alpha value is -3.01. The molecule has 3 rings (SSSR count). The number of benzene rings is 1. The van der Waals surface area contributed by atoms with Gasteiger partial charge in [-0.25, -0.2) is 4.98 Å². The molecule has 0 radical (unpaired) electrons. The van der Waals surface area contributed by atoms with E-state index in [0.717, 1.165) is 10.9 Å². The number of allylic oxidation sites excluding steroid dienone is 1. The number of hydrogen-bond donors (Lipinski definition) is 1. The molecule has 4 nitrogen and oxygen atoms in total. The van der Waals surface area contributed by atoms with E-state index < -0.39 is 0 Å². The summed E-state index contributed by atoms with van der Waals surface area (Å²) < 4.78 is 0. The molecule has 0 atom stereocenters. The van der Waals surface area contributed by atoms with Crippen molar-refractivity contribution in [1.82, 2.24) is 9.97 Å². The first-order valence-corrected chi connectivity index (χ1v) is 6.44. The van der Waals surface area contributed by atoms with E-state index in [2.05, 4.69) is 9.97 Å². The molecule has 0 aliphatic rings. The van der Waals surface area contributed by atoms with E-state index in [1.165, 1.54) is 6.08 Å². The second kappa shape index (κ2) is 5.54. The number of carbonyl (C=O) groups excluding carboxylic acids is 1. The van der Waals surface area contributed by atoms with Crippen LogP contribution in [-0.4, -0.2) is 20.9 Å². The van der Waals surface area contributed by atoms with Crippen molar-refractivity contribution in [2.24, 2.45) is 0 Å². The zero-order valence-electron chi connectivity index (χ0n) is 11.1. The van der Waals surface area contributed by atoms with Crippen LogP contribution < -0.4 is 0 Å². The lowest BCUT2D eigenvalue weighted by Gasteiger charge is -2.00. The van der Waals surface area contributed by atoms with Crippen molar-refractivity contribution < 1.29 is 9.90 Å². The average Bonchev–Trinajstić information content (AvgIpc) is 2.53. The number of rotatable bonds is 3. The molecule has 21 heavy (non-hydrogen) atoms. The van der Waals surface area contributed by atoms with Gasteiger partial charge in [0.15, 0.2) is 5.78 Å². The number of phenolic OH excluding ortho intramolecular Hbond substituents is 1. The van der Waals surface area contributed by atoms with Crippen LogP contribution >= 0.6 is 0 Å². The highest BCUT2D eigenvalue weighted by atomic mass is 16.3. The molecule has 0 saturated carbocycles. The number of ketones is 1. The molecule has 1 aromatic carbocycles. The Balaban J connectivity index is 1.86. The molecule has 4 heteroatoms. The first kappa shape index (κ1) is 13.0. The first-order valence-electron chi connectivity index (χ1n) is 6.44. The number of pyridine rings is 2. The molecule has 0 unspecified atom stereocenters. The highest BCUT2D eigenvalue weighted by molar-refractivity contribution is 6.06. The van der Waals surface area contributed by atoms with E-state index in [9.17, 15) is 9.90 Å². The van der Waals surface area contributed by atoms with Gasteiger partial charge in [-0.15, -0.1) is 0 Å². The van der Waals surface area contributed by atoms with Gasteiger partial charge in [-0.1, -0.05) is 6.07 Å². The molecule has 3 aromatic rings. The fourth-order valence-corrected chi connectivity index (χ4v) is 2.00. The third kappa shape index (κ3) is 2.95. The summed E-state index contributed by atoms with van der Waals surface area (Å²) in [5, 5.41) is 10.3. The lowest BCUT2D eigenvalue weighted by molar-refractivity contribution is 0.104. The van der Waals surface area contributed by atoms with Gasteiger partial charge in [-0.05, 0) is 48.6 Å². The maximum atomic E-state index is 12.0. The molecule has 0 aliphatic carbocycles. The van der Waals surface area contributed by atoms with E-state index in [1.807, 2.05) is 6.07 Å². The third-order valence-electron chi connectivity index (χ3n) is 3.06. The SMILES string of the molecule is O=C(C=Cc1ccc2cc(O)ccc2n1)c1ccncc1. The van der Waals surface area contributed by atoms with Crippen LogP contribution in [0.3, 0.4) is 0 Å². The molecular formula is C17H12N2O2. The highest BCUT2D eigenvalue weighted by Gasteiger charge is 2.01. The number of fused-ring (bicyclic) bond motifs is 1. The van der Waals surface area contributed by atoms with Crippen LogP contribution in [0.4, 0.5) is 0 Å². The summed E-state index contributed by atoms with van der Waals surface area (Å²) >= 11 is 0. The van der Waals surface area contributed by atoms with Crippen molar-refractivity contribution in [3.63, 3.8) is 0 Å². The van der Waals surface area contributed by atoms with Crippen molar-refractivity contribution >= 4 is 22.8 Å². The predicted molar refractivity (Wildman–Crippen MR) is 81.0 cm³/mol. The minimum absolute atomic E-state index is 0.0926. The summed E-state index contributed by atoms with van der Waals surface area (Å²) in [6, 6.07) is 12.0. The Morgan fingerprint density at radius 2 is 1.86 bits per heavy atom. The van der Waals surface area contributed by atoms with Gasteiger partial charge in [0.2, 0.25) is 0 Å². The average molecular weight is 276 g/mol. The Bertz CT molecular complexity index is 827. The van der Waals surface area contributed by atoms with E-state index in [0.29, 0.717) is 11.3 Å². The summed E-state index contributed by atoms with van der Waals surface area (Å²) in [6.45, 7) is 0. The van der Waals surface area contributed by atoms with Crippen LogP contribution in [-0.2, 0) is 0 Å². The van der Waals surface area contributed by atoms with Crippen LogP contribution in [0.25, 0.3) is 17.0 Å². The number of phenols is 1. The number of aromatic nitrogens is 2. The first-order chi connectivity index (χ1) is 10.2. The van der Waals surface area contributed by atoms with Crippen molar-refractivity contribution in [1.29, 1.82) is 0 Å². The molecule has 0 bridgehead atoms. The Labute approximate surface area is 121 Å². The molecule has 2 aromatic heterocycles. The maximum Gasteiger partial charge on any atom is 0.186 e. The molecule has 1 N–H and O–H groups in total. The van der Waals surface area contributed by atoms with Gasteiger partial charge in [0.1, 0.15) is 5.75 Å². The molecule has 0 saturated heterocycles. The van der Waals surface area contributed by atoms with Crippen LogP contribution in [0.5, 0.6) is 5.75 Å². The van der Waals surface area contributed by atoms with Gasteiger partial charge in [0.25, 0.3) is 0 Å². The van der Waals surface area contributed by atoms with Gasteiger partial charge >= 0.3 is 0 Å². The summed E-state index contributed by atoms with van der Waals surface area (Å²) in [6.07, 6.45) is 6.34. The fourth-order valence-electron chi connectivity index (χ4n) is 2.00. The lowest BCUT2D eigenvalue weighted by atomic mass is 10.1. The molecule has 0 aliphatic heterocycles. The maximum absolute atomic E-state index is 12.0. The van der Waals surface area contributed by atoms with Gasteiger partial charge < -0.3 is 5.11 Å². The van der Waals surface area contributed by atoms with Crippen LogP contribution in [0, 0.1) is 0 Å². The summed E-state index contributed by atoms with van der Waals surface area (Å²) in [5.74, 6) is 0.116. The van der Waals surface area contributed by atoms with Crippen LogP contribution in [0.1, 0.15) is 16.1 Å². The summed E-state index contributed by atoms with van der Waals surface area (Å²) in [7, 11) is 0. The zero-order chi connectivity index (χ0) is 14.7. The lowest BCUT2D eigenvalue weighted by Crippen LogP contribution is -1.94. The zero-order valence-corrected chi connectivity index (χ0v) is 11.1. The van der Waals surface area contributed by atoms with Gasteiger partial charge in [-0.2, -0.15) is 0 Å². The fraction of sp³-hybridized carbons (Fsp3) is 0. The van der Waals surface area contributed by atoms with Gasteiger partial charge in [0, 0.05) is 23.3 Å². The number of hydrogen-bond acceptors (Lipinski definition) is 4. The largest absolute Gasteiger partial charge is 0.508 e. The second-order valence-corrected chi connectivity index (χ2v) is 4.55. The number of carbonyl (C=O) groups is 1. The predicted octanol–water partition coefficient (Wildman–Crippen LogP) is 3.23. The molecule has 0 spiro atoms. The molecule has 0 fully saturated rings. The van der Waals surface area contributed by atoms with Crippen molar-refractivity contribution in [3.8, 4) is 5.75 Å². The normalized spacial score (nSPS) is 11.0. The third-order valence-corrected chi connectivity index (χ3v) is 3.06. The number of aromatic hydroxyl groups is 1. The van der Waals surface area contributed by atoms with Crippen LogP contribution in [0.2, 0.25) is 0 Å². The molecule has 0 amide bonds. The summed E-state index contributed by atoms with van der Waals surface area (Å²) in [5.41, 5.74) is 2.05. The van der Waals surface area contributed by atoms with E-state index in [4.69, 9.17) is 0 Å². The minimum atomic E-state index is -0.0926. The van der Waals surface area contributed by atoms with Crippen LogP contribution in [0.15, 0.2) is 60.9 Å². The minimum Gasteiger partial charge on any atom is -0.508 e. The second-order valence-electron chi connectivity index (χ2n) is 4.55. The van der Waals surface area contributed by atoms with E-state index in [-0.39, 0.29) is 11.5 Å². The quantitative estimate of drug-likeness (QED) is 0.589. The smallest absolute Gasteiger partial charge is 0.186 e. The summed E-state index contributed by atoms with van der Waals surface area (Å²) in [4.78, 5) is 20.2. The van der Waals surface area contributed by atoms with E-state index in [1.54, 1.807) is 54.9 Å². The Morgan fingerprint density at radius 3 is 2.67 bits per heavy atom. The van der Waals surface area contributed by atoms with Crippen molar-refractivity contribution in [2.45, 2.75) is 0 Å².